The van der Waals surface area contributed by atoms with Gasteiger partial charge in [0.05, 0.1) is 24.1 Å². The Morgan fingerprint density at radius 1 is 1.00 bits per heavy atom. The second kappa shape index (κ2) is 9.41. The van der Waals surface area contributed by atoms with Crippen molar-refractivity contribution in [1.29, 1.82) is 0 Å². The molecule has 0 radical (unpaired) electrons. The first-order valence-electron chi connectivity index (χ1n) is 11.8. The zero-order valence-corrected chi connectivity index (χ0v) is 20.3. The summed E-state index contributed by atoms with van der Waals surface area (Å²) in [6.45, 7) is 2.35. The molecule has 36 heavy (non-hydrogen) atoms. The van der Waals surface area contributed by atoms with Crippen molar-refractivity contribution in [2.24, 2.45) is 11.8 Å². The highest BCUT2D eigenvalue weighted by atomic mass is 35.5. The van der Waals surface area contributed by atoms with Gasteiger partial charge in [-0.2, -0.15) is 0 Å². The number of imide groups is 1. The first-order chi connectivity index (χ1) is 17.4. The van der Waals surface area contributed by atoms with Crippen LogP contribution in [0.1, 0.15) is 24.1 Å². The van der Waals surface area contributed by atoms with E-state index in [2.05, 4.69) is 5.32 Å². The monoisotopic (exact) mass is 504 g/mol. The molecule has 3 aromatic carbocycles. The number of benzene rings is 3. The average Bonchev–Trinajstić information content (AvgIpc) is 3.35. The maximum absolute atomic E-state index is 13.9. The molecule has 2 aliphatic heterocycles. The van der Waals surface area contributed by atoms with Gasteiger partial charge in [-0.05, 0) is 54.4 Å². The largest absolute Gasteiger partial charge is 0.494 e. The van der Waals surface area contributed by atoms with Crippen molar-refractivity contribution < 1.29 is 24.2 Å². The molecule has 0 spiro atoms. The lowest BCUT2D eigenvalue weighted by Crippen LogP contribution is -2.57. The number of fused-ring (bicyclic) bond motifs is 1. The third kappa shape index (κ3) is 3.94. The van der Waals surface area contributed by atoms with Gasteiger partial charge in [0.2, 0.25) is 11.8 Å². The predicted molar refractivity (Wildman–Crippen MR) is 135 cm³/mol. The zero-order chi connectivity index (χ0) is 25.4. The van der Waals surface area contributed by atoms with Gasteiger partial charge in [-0.15, -0.1) is 0 Å². The van der Waals surface area contributed by atoms with Gasteiger partial charge in [0, 0.05) is 17.5 Å². The number of carboxylic acid groups (broad SMARTS) is 1. The lowest BCUT2D eigenvalue weighted by atomic mass is 9.76. The number of rotatable bonds is 7. The van der Waals surface area contributed by atoms with Gasteiger partial charge >= 0.3 is 5.97 Å². The summed E-state index contributed by atoms with van der Waals surface area (Å²) in [6.07, 6.45) is 0.0462. The minimum atomic E-state index is -1.68. The number of carbonyl (C=O) groups excluding carboxylic acids is 2. The van der Waals surface area contributed by atoms with E-state index in [1.54, 1.807) is 48.5 Å². The topological polar surface area (TPSA) is 95.9 Å². The van der Waals surface area contributed by atoms with Gasteiger partial charge in [-0.3, -0.25) is 19.7 Å². The zero-order valence-electron chi connectivity index (χ0n) is 19.6. The molecule has 7 nitrogen and oxygen atoms in total. The molecule has 184 valence electrons. The minimum absolute atomic E-state index is 0.0462. The van der Waals surface area contributed by atoms with E-state index in [1.165, 1.54) is 0 Å². The first kappa shape index (κ1) is 24.0. The van der Waals surface area contributed by atoms with E-state index >= 15 is 0 Å². The number of aliphatic carboxylic acids is 1. The normalized spacial score (nSPS) is 25.2. The van der Waals surface area contributed by atoms with Crippen LogP contribution in [0.5, 0.6) is 5.75 Å². The second-order valence-corrected chi connectivity index (χ2v) is 9.49. The van der Waals surface area contributed by atoms with Crippen molar-refractivity contribution in [3.05, 3.63) is 95.0 Å². The van der Waals surface area contributed by atoms with Gasteiger partial charge in [0.15, 0.2) is 0 Å². The molecule has 2 aliphatic rings. The van der Waals surface area contributed by atoms with Crippen molar-refractivity contribution >= 4 is 35.1 Å². The number of hydrogen-bond acceptors (Lipinski definition) is 5. The van der Waals surface area contributed by atoms with Crippen LogP contribution in [0.15, 0.2) is 78.9 Å². The summed E-state index contributed by atoms with van der Waals surface area (Å²) in [7, 11) is 0. The maximum Gasteiger partial charge on any atom is 0.325 e. The minimum Gasteiger partial charge on any atom is -0.494 e. The Morgan fingerprint density at radius 2 is 1.67 bits per heavy atom. The molecule has 2 fully saturated rings. The first-order valence-corrected chi connectivity index (χ1v) is 12.1. The molecule has 0 bridgehead atoms. The molecule has 8 heteroatoms. The van der Waals surface area contributed by atoms with Gasteiger partial charge in [-0.1, -0.05) is 54.1 Å². The molecular weight excluding hydrogens is 480 g/mol. The third-order valence-corrected chi connectivity index (χ3v) is 7.25. The number of carboxylic acids is 1. The SMILES string of the molecule is CCOc1ccc(N2C(=O)[C@@H]3[C@H](c4ccc(Cl)cc4)N[C@](Cc4ccccc4)(C(=O)O)[C@H]3C2=O)cc1. The third-order valence-electron chi connectivity index (χ3n) is 7.00. The van der Waals surface area contributed by atoms with E-state index in [1.807, 2.05) is 37.3 Å². The van der Waals surface area contributed by atoms with E-state index < -0.39 is 41.2 Å². The molecule has 0 aliphatic carbocycles. The molecule has 2 saturated heterocycles. The molecule has 3 aromatic rings. The summed E-state index contributed by atoms with van der Waals surface area (Å²) >= 11 is 6.08. The average molecular weight is 505 g/mol. The van der Waals surface area contributed by atoms with E-state index in [4.69, 9.17) is 16.3 Å². The van der Waals surface area contributed by atoms with Gasteiger partial charge in [-0.25, -0.2) is 4.90 Å². The Labute approximate surface area is 213 Å². The summed E-state index contributed by atoms with van der Waals surface area (Å²) < 4.78 is 5.48. The number of ether oxygens (including phenoxy) is 1. The number of nitrogens with zero attached hydrogens (tertiary/aromatic N) is 1. The van der Waals surface area contributed by atoms with Gasteiger partial charge < -0.3 is 9.84 Å². The number of halogens is 1. The van der Waals surface area contributed by atoms with Crippen molar-refractivity contribution in [2.45, 2.75) is 24.9 Å². The van der Waals surface area contributed by atoms with E-state index in [0.717, 1.165) is 10.5 Å². The molecule has 0 unspecified atom stereocenters. The quantitative estimate of drug-likeness (QED) is 0.467. The molecule has 0 saturated carbocycles. The van der Waals surface area contributed by atoms with Crippen molar-refractivity contribution in [3.63, 3.8) is 0 Å². The Bertz CT molecular complexity index is 1300. The standard InChI is InChI=1S/C28H25ClN2O5/c1-2-36-21-14-12-20(13-15-21)31-25(32)22-23(26(31)33)28(27(34)35,16-17-6-4-3-5-7-17)30-24(22)18-8-10-19(29)11-9-18/h3-15,22-24,30H,2,16H2,1H3,(H,34,35)/t22-,23+,24-,28-/m0/s1. The molecule has 2 N–H and O–H groups in total. The molecule has 2 heterocycles. The Kier molecular flexibility index (Phi) is 6.28. The van der Waals surface area contributed by atoms with Crippen molar-refractivity contribution in [2.75, 3.05) is 11.5 Å². The number of nitrogens with one attached hydrogen (secondary N) is 1. The number of amides is 2. The van der Waals surface area contributed by atoms with Gasteiger partial charge in [0.25, 0.3) is 0 Å². The summed E-state index contributed by atoms with van der Waals surface area (Å²) in [5, 5.41) is 14.3. The molecule has 0 aromatic heterocycles. The summed E-state index contributed by atoms with van der Waals surface area (Å²) in [5.74, 6) is -3.52. The van der Waals surface area contributed by atoms with Crippen LogP contribution in [0.2, 0.25) is 5.02 Å². The van der Waals surface area contributed by atoms with Crippen LogP contribution in [0.25, 0.3) is 0 Å². The van der Waals surface area contributed by atoms with Crippen molar-refractivity contribution in [3.8, 4) is 5.75 Å². The second-order valence-electron chi connectivity index (χ2n) is 9.05. The Morgan fingerprint density at radius 3 is 2.28 bits per heavy atom. The van der Waals surface area contributed by atoms with Crippen LogP contribution < -0.4 is 15.0 Å². The van der Waals surface area contributed by atoms with Gasteiger partial charge in [0.1, 0.15) is 11.3 Å². The van der Waals surface area contributed by atoms with Crippen LogP contribution >= 0.6 is 11.6 Å². The summed E-state index contributed by atoms with van der Waals surface area (Å²) in [6, 6.07) is 22.0. The van der Waals surface area contributed by atoms with Crippen LogP contribution in [-0.2, 0) is 20.8 Å². The fourth-order valence-corrected chi connectivity index (χ4v) is 5.55. The van der Waals surface area contributed by atoms with Crippen LogP contribution in [0.4, 0.5) is 5.69 Å². The molecule has 2 amide bonds. The van der Waals surface area contributed by atoms with Crippen molar-refractivity contribution in [1.82, 2.24) is 5.32 Å². The highest BCUT2D eigenvalue weighted by Crippen LogP contribution is 2.51. The Balaban J connectivity index is 1.61. The highest BCUT2D eigenvalue weighted by Gasteiger charge is 2.68. The highest BCUT2D eigenvalue weighted by molar-refractivity contribution is 6.30. The smallest absolute Gasteiger partial charge is 0.325 e. The lowest BCUT2D eigenvalue weighted by molar-refractivity contribution is -0.148. The summed E-state index contributed by atoms with van der Waals surface area (Å²) in [5.41, 5.74) is 0.156. The maximum atomic E-state index is 13.9. The number of anilines is 1. The van der Waals surface area contributed by atoms with E-state index in [9.17, 15) is 19.5 Å². The van der Waals surface area contributed by atoms with E-state index in [-0.39, 0.29) is 6.42 Å². The molecule has 5 rings (SSSR count). The molecule has 4 atom stereocenters. The van der Waals surface area contributed by atoms with Crippen LogP contribution in [0.3, 0.4) is 0 Å². The van der Waals surface area contributed by atoms with Crippen LogP contribution in [0, 0.1) is 11.8 Å². The number of carbonyl (C=O) groups is 3. The Hall–Kier alpha value is -3.68. The fraction of sp³-hybridized carbons (Fsp3) is 0.250. The van der Waals surface area contributed by atoms with E-state index in [0.29, 0.717) is 28.6 Å². The lowest BCUT2D eigenvalue weighted by Gasteiger charge is -2.31. The molecular formula is C28H25ClN2O5. The number of hydrogen-bond donors (Lipinski definition) is 2. The van der Waals surface area contributed by atoms with Crippen LogP contribution in [-0.4, -0.2) is 35.0 Å². The summed E-state index contributed by atoms with van der Waals surface area (Å²) in [4.78, 5) is 41.8. The fourth-order valence-electron chi connectivity index (χ4n) is 5.42. The predicted octanol–water partition coefficient (Wildman–Crippen LogP) is 4.25.